The zero-order valence-corrected chi connectivity index (χ0v) is 20.3. The number of hydrogen-bond donors (Lipinski definition) is 3. The molecule has 1 aliphatic carbocycles. The Bertz CT molecular complexity index is 1110. The number of anilines is 2. The summed E-state index contributed by atoms with van der Waals surface area (Å²) in [6.45, 7) is 1.87. The van der Waals surface area contributed by atoms with Crippen molar-refractivity contribution >= 4 is 29.3 Å². The van der Waals surface area contributed by atoms with Gasteiger partial charge in [-0.1, -0.05) is 6.07 Å². The summed E-state index contributed by atoms with van der Waals surface area (Å²) in [6, 6.07) is 11.1. The van der Waals surface area contributed by atoms with Crippen LogP contribution in [0.3, 0.4) is 0 Å². The molecule has 36 heavy (non-hydrogen) atoms. The van der Waals surface area contributed by atoms with Crippen molar-refractivity contribution in [3.63, 3.8) is 0 Å². The molecule has 9 nitrogen and oxygen atoms in total. The number of nitrogens with one attached hydrogen (secondary N) is 2. The van der Waals surface area contributed by atoms with Crippen molar-refractivity contribution < 1.29 is 23.5 Å². The van der Waals surface area contributed by atoms with E-state index in [0.29, 0.717) is 43.0 Å². The van der Waals surface area contributed by atoms with Crippen molar-refractivity contribution in [2.24, 2.45) is 5.73 Å². The van der Waals surface area contributed by atoms with Crippen LogP contribution in [0, 0.1) is 5.82 Å². The van der Waals surface area contributed by atoms with E-state index < -0.39 is 11.9 Å². The molecule has 1 saturated heterocycles. The molecule has 0 unspecified atom stereocenters. The van der Waals surface area contributed by atoms with Crippen LogP contribution in [0.1, 0.15) is 46.4 Å². The highest BCUT2D eigenvalue weighted by Gasteiger charge is 2.26. The maximum atomic E-state index is 13.5. The van der Waals surface area contributed by atoms with E-state index in [4.69, 9.17) is 10.5 Å². The summed E-state index contributed by atoms with van der Waals surface area (Å²) in [4.78, 5) is 41.4. The van der Waals surface area contributed by atoms with Crippen molar-refractivity contribution in [3.8, 4) is 0 Å². The summed E-state index contributed by atoms with van der Waals surface area (Å²) in [5.41, 5.74) is 7.87. The molecular formula is C26H32FN5O4. The third-order valence-corrected chi connectivity index (χ3v) is 6.77. The van der Waals surface area contributed by atoms with Crippen LogP contribution in [0.4, 0.5) is 20.6 Å². The number of piperazine rings is 1. The minimum absolute atomic E-state index is 0.0812. The van der Waals surface area contributed by atoms with Gasteiger partial charge in [0.2, 0.25) is 0 Å². The maximum Gasteiger partial charge on any atom is 0.411 e. The topological polar surface area (TPSA) is 117 Å². The molecule has 192 valence electrons. The van der Waals surface area contributed by atoms with E-state index in [1.807, 2.05) is 4.90 Å². The van der Waals surface area contributed by atoms with Crippen molar-refractivity contribution in [1.29, 1.82) is 0 Å². The van der Waals surface area contributed by atoms with Gasteiger partial charge in [0.25, 0.3) is 11.8 Å². The van der Waals surface area contributed by atoms with Crippen LogP contribution in [0.25, 0.3) is 0 Å². The maximum absolute atomic E-state index is 13.5. The number of nitrogens with two attached hydrogens (primary N) is 1. The third kappa shape index (κ3) is 6.12. The summed E-state index contributed by atoms with van der Waals surface area (Å²) in [7, 11) is 1.27. The fourth-order valence-corrected chi connectivity index (χ4v) is 4.70. The molecule has 0 atom stereocenters. The number of nitrogens with zero attached hydrogens (tertiary/aromatic N) is 2. The quantitative estimate of drug-likeness (QED) is 0.585. The molecule has 2 aromatic carbocycles. The number of carbonyl (C=O) groups is 3. The molecule has 2 fully saturated rings. The lowest BCUT2D eigenvalue weighted by Crippen LogP contribution is -2.49. The molecule has 0 radical (unpaired) electrons. The second kappa shape index (κ2) is 11.4. The van der Waals surface area contributed by atoms with Crippen molar-refractivity contribution in [2.75, 3.05) is 43.5 Å². The van der Waals surface area contributed by atoms with E-state index in [-0.39, 0.29) is 23.9 Å². The summed E-state index contributed by atoms with van der Waals surface area (Å²) >= 11 is 0. The van der Waals surface area contributed by atoms with E-state index in [1.165, 1.54) is 25.3 Å². The number of rotatable bonds is 5. The molecule has 1 saturated carbocycles. The molecule has 0 bridgehead atoms. The number of ether oxygens (including phenoxy) is 1. The predicted octanol–water partition coefficient (Wildman–Crippen LogP) is 2.97. The van der Waals surface area contributed by atoms with Crippen LogP contribution in [0.2, 0.25) is 0 Å². The molecule has 4 N–H and O–H groups in total. The number of carbonyl (C=O) groups excluding carboxylic acids is 3. The van der Waals surface area contributed by atoms with Crippen molar-refractivity contribution in [2.45, 2.75) is 37.8 Å². The lowest BCUT2D eigenvalue weighted by Gasteiger charge is -2.37. The van der Waals surface area contributed by atoms with Gasteiger partial charge >= 0.3 is 6.09 Å². The average molecular weight is 498 g/mol. The Kier molecular flexibility index (Phi) is 8.04. The van der Waals surface area contributed by atoms with Crippen LogP contribution >= 0.6 is 0 Å². The number of hydrogen-bond acceptors (Lipinski definition) is 6. The SMILES string of the molecule is COC(=O)Nc1cc(C(=O)NC2CCC(N)CC2)ccc1N1CCN(C(=O)c2cccc(F)c2)CC1. The lowest BCUT2D eigenvalue weighted by atomic mass is 9.91. The number of benzene rings is 2. The smallest absolute Gasteiger partial charge is 0.411 e. The van der Waals surface area contributed by atoms with Gasteiger partial charge in [0.1, 0.15) is 5.82 Å². The van der Waals surface area contributed by atoms with Gasteiger partial charge in [0, 0.05) is 49.4 Å². The lowest BCUT2D eigenvalue weighted by molar-refractivity contribution is 0.0746. The Hall–Kier alpha value is -3.66. The van der Waals surface area contributed by atoms with Crippen LogP contribution in [0.5, 0.6) is 0 Å². The van der Waals surface area contributed by atoms with Gasteiger partial charge in [-0.05, 0) is 62.1 Å². The molecule has 0 aromatic heterocycles. The number of amides is 3. The Morgan fingerprint density at radius 1 is 0.972 bits per heavy atom. The van der Waals surface area contributed by atoms with Gasteiger partial charge in [-0.25, -0.2) is 9.18 Å². The van der Waals surface area contributed by atoms with Gasteiger partial charge in [0.05, 0.1) is 18.5 Å². The summed E-state index contributed by atoms with van der Waals surface area (Å²) in [5.74, 6) is -0.882. The van der Waals surface area contributed by atoms with E-state index in [1.54, 1.807) is 29.2 Å². The summed E-state index contributed by atoms with van der Waals surface area (Å²) in [5, 5.41) is 5.77. The van der Waals surface area contributed by atoms with Gasteiger partial charge in [-0.15, -0.1) is 0 Å². The van der Waals surface area contributed by atoms with Crippen LogP contribution < -0.4 is 21.3 Å². The molecule has 1 heterocycles. The second-order valence-corrected chi connectivity index (χ2v) is 9.22. The fraction of sp³-hybridized carbons (Fsp3) is 0.423. The monoisotopic (exact) mass is 497 g/mol. The van der Waals surface area contributed by atoms with E-state index in [0.717, 1.165) is 31.4 Å². The third-order valence-electron chi connectivity index (χ3n) is 6.77. The second-order valence-electron chi connectivity index (χ2n) is 9.22. The molecule has 2 aromatic rings. The highest BCUT2D eigenvalue weighted by atomic mass is 19.1. The predicted molar refractivity (Wildman–Crippen MR) is 135 cm³/mol. The largest absolute Gasteiger partial charge is 0.453 e. The minimum Gasteiger partial charge on any atom is -0.453 e. The van der Waals surface area contributed by atoms with E-state index in [2.05, 4.69) is 10.6 Å². The van der Waals surface area contributed by atoms with Crippen LogP contribution in [0.15, 0.2) is 42.5 Å². The first-order chi connectivity index (χ1) is 17.3. The van der Waals surface area contributed by atoms with Gasteiger partial charge in [-0.3, -0.25) is 14.9 Å². The molecule has 1 aliphatic heterocycles. The molecule has 10 heteroatoms. The zero-order chi connectivity index (χ0) is 25.7. The Morgan fingerprint density at radius 2 is 1.69 bits per heavy atom. The first kappa shape index (κ1) is 25.4. The zero-order valence-electron chi connectivity index (χ0n) is 20.3. The van der Waals surface area contributed by atoms with Gasteiger partial charge < -0.3 is 25.6 Å². The first-order valence-electron chi connectivity index (χ1n) is 12.2. The Labute approximate surface area is 209 Å². The summed E-state index contributed by atoms with van der Waals surface area (Å²) < 4.78 is 18.3. The standard InChI is InChI=1S/C26H32FN5O4/c1-36-26(35)30-22-16-17(24(33)29-21-8-6-20(28)7-9-21)5-10-23(22)31-11-13-32(14-12-31)25(34)18-3-2-4-19(27)15-18/h2-5,10,15-16,20-21H,6-9,11-14,28H2,1H3,(H,29,33)(H,30,35). The van der Waals surface area contributed by atoms with Crippen LogP contribution in [-0.4, -0.2) is 68.2 Å². The molecule has 2 aliphatic rings. The fourth-order valence-electron chi connectivity index (χ4n) is 4.70. The average Bonchev–Trinajstić information content (AvgIpc) is 2.89. The molecular weight excluding hydrogens is 465 g/mol. The highest BCUT2D eigenvalue weighted by molar-refractivity contribution is 5.99. The Balaban J connectivity index is 1.45. The molecule has 0 spiro atoms. The summed E-state index contributed by atoms with van der Waals surface area (Å²) in [6.07, 6.45) is 2.81. The normalized spacial score (nSPS) is 20.0. The molecule has 3 amide bonds. The van der Waals surface area contributed by atoms with Gasteiger partial charge in [-0.2, -0.15) is 0 Å². The van der Waals surface area contributed by atoms with Crippen LogP contribution in [-0.2, 0) is 4.74 Å². The minimum atomic E-state index is -0.644. The number of halogens is 1. The van der Waals surface area contributed by atoms with E-state index in [9.17, 15) is 18.8 Å². The first-order valence-corrected chi connectivity index (χ1v) is 12.2. The van der Waals surface area contributed by atoms with Crippen molar-refractivity contribution in [1.82, 2.24) is 10.2 Å². The highest BCUT2D eigenvalue weighted by Crippen LogP contribution is 2.29. The number of methoxy groups -OCH3 is 1. The molecule has 4 rings (SSSR count). The van der Waals surface area contributed by atoms with E-state index >= 15 is 0 Å². The van der Waals surface area contributed by atoms with Gasteiger partial charge in [0.15, 0.2) is 0 Å². The Morgan fingerprint density at radius 3 is 2.36 bits per heavy atom. The van der Waals surface area contributed by atoms with Crippen molar-refractivity contribution in [3.05, 3.63) is 59.4 Å².